The second-order valence-electron chi connectivity index (χ2n) is 9.03. The molecule has 1 fully saturated rings. The highest BCUT2D eigenvalue weighted by molar-refractivity contribution is 7.89. The number of pyridine rings is 1. The van der Waals surface area contributed by atoms with Gasteiger partial charge in [-0.05, 0) is 52.4 Å². The molecule has 0 aliphatic carbocycles. The number of nitrogens with one attached hydrogen (secondary N) is 2. The Labute approximate surface area is 200 Å². The Kier molecular flexibility index (Phi) is 7.39. The van der Waals surface area contributed by atoms with Crippen molar-refractivity contribution in [3.63, 3.8) is 0 Å². The predicted molar refractivity (Wildman–Crippen MR) is 131 cm³/mol. The third-order valence-electron chi connectivity index (χ3n) is 6.14. The molecule has 0 radical (unpaired) electrons. The van der Waals surface area contributed by atoms with Crippen LogP contribution in [0.5, 0.6) is 5.75 Å². The molecule has 0 saturated carbocycles. The molecule has 11 nitrogen and oxygen atoms in total. The molecule has 0 spiro atoms. The average molecular weight is 491 g/mol. The fourth-order valence-electron chi connectivity index (χ4n) is 4.33. The molecular weight excluding hydrogens is 456 g/mol. The van der Waals surface area contributed by atoms with Crippen LogP contribution in [0.3, 0.4) is 0 Å². The van der Waals surface area contributed by atoms with Gasteiger partial charge < -0.3 is 15.0 Å². The summed E-state index contributed by atoms with van der Waals surface area (Å²) in [5.74, 6) is 1.46. The molecule has 2 N–H and O–H groups in total. The summed E-state index contributed by atoms with van der Waals surface area (Å²) in [6.07, 6.45) is 6.74. The lowest BCUT2D eigenvalue weighted by Crippen LogP contribution is -2.48. The monoisotopic (exact) mass is 490 g/mol. The SMILES string of the molecule is CCOc1c(-c2cn[nH]c2)ccn2nc(N[C@H]3CCN(S(=O)(=O)CCCN(C)C)C[C@H]3C)nc12. The summed E-state index contributed by atoms with van der Waals surface area (Å²) in [6.45, 7) is 6.25. The van der Waals surface area contributed by atoms with Crippen molar-refractivity contribution in [2.24, 2.45) is 5.92 Å². The van der Waals surface area contributed by atoms with E-state index >= 15 is 0 Å². The lowest BCUT2D eigenvalue weighted by Gasteiger charge is -2.36. The first-order valence-electron chi connectivity index (χ1n) is 11.7. The van der Waals surface area contributed by atoms with E-state index in [2.05, 4.69) is 27.5 Å². The fourth-order valence-corrected chi connectivity index (χ4v) is 5.93. The van der Waals surface area contributed by atoms with Crippen LogP contribution in [-0.2, 0) is 10.0 Å². The minimum atomic E-state index is -3.25. The molecule has 1 aliphatic rings. The summed E-state index contributed by atoms with van der Waals surface area (Å²) >= 11 is 0. The van der Waals surface area contributed by atoms with Gasteiger partial charge >= 0.3 is 0 Å². The third kappa shape index (κ3) is 5.34. The van der Waals surface area contributed by atoms with Crippen LogP contribution < -0.4 is 10.1 Å². The number of fused-ring (bicyclic) bond motifs is 1. The van der Waals surface area contributed by atoms with Gasteiger partial charge in [0, 0.05) is 42.7 Å². The topological polar surface area (TPSA) is 121 Å². The maximum atomic E-state index is 12.8. The van der Waals surface area contributed by atoms with Crippen molar-refractivity contribution in [3.8, 4) is 16.9 Å². The normalized spacial score (nSPS) is 19.7. The van der Waals surface area contributed by atoms with Gasteiger partial charge in [0.15, 0.2) is 11.4 Å². The number of aromatic nitrogens is 5. The second kappa shape index (κ2) is 10.3. The van der Waals surface area contributed by atoms with Crippen molar-refractivity contribution < 1.29 is 13.2 Å². The quantitative estimate of drug-likeness (QED) is 0.442. The molecule has 0 unspecified atom stereocenters. The number of rotatable bonds is 10. The van der Waals surface area contributed by atoms with Gasteiger partial charge in [-0.25, -0.2) is 17.2 Å². The molecule has 34 heavy (non-hydrogen) atoms. The molecule has 186 valence electrons. The summed E-state index contributed by atoms with van der Waals surface area (Å²) in [4.78, 5) is 6.71. The number of hydrogen-bond acceptors (Lipinski definition) is 8. The number of piperidine rings is 1. The summed E-state index contributed by atoms with van der Waals surface area (Å²) < 4.78 is 34.8. The lowest BCUT2D eigenvalue weighted by molar-refractivity contribution is 0.260. The molecule has 1 aliphatic heterocycles. The molecule has 0 amide bonds. The highest BCUT2D eigenvalue weighted by Crippen LogP contribution is 2.33. The number of H-pyrrole nitrogens is 1. The standard InChI is InChI=1S/C22H34N8O3S/c1-5-33-20-18(17-13-23-24-14-17)7-11-30-21(20)26-22(27-30)25-19-8-10-29(15-16(19)2)34(31,32)12-6-9-28(3)4/h7,11,13-14,16,19H,5-6,8-10,12,15H2,1-4H3,(H,23,24)(H,25,27)/t16-,19+/m1/s1. The Hall–Kier alpha value is -2.70. The Morgan fingerprint density at radius 1 is 1.35 bits per heavy atom. The molecule has 4 rings (SSSR count). The first-order valence-corrected chi connectivity index (χ1v) is 13.3. The van der Waals surface area contributed by atoms with Gasteiger partial charge in [-0.3, -0.25) is 5.10 Å². The van der Waals surface area contributed by atoms with E-state index in [1.54, 1.807) is 15.0 Å². The molecular formula is C22H34N8O3S. The molecule has 0 bridgehead atoms. The van der Waals surface area contributed by atoms with E-state index in [4.69, 9.17) is 9.72 Å². The second-order valence-corrected chi connectivity index (χ2v) is 11.1. The highest BCUT2D eigenvalue weighted by Gasteiger charge is 2.33. The van der Waals surface area contributed by atoms with E-state index in [1.807, 2.05) is 44.4 Å². The predicted octanol–water partition coefficient (Wildman–Crippen LogP) is 1.92. The van der Waals surface area contributed by atoms with Gasteiger partial charge in [0.25, 0.3) is 0 Å². The first kappa shape index (κ1) is 24.4. The highest BCUT2D eigenvalue weighted by atomic mass is 32.2. The number of aromatic amines is 1. The Bertz CT molecular complexity index is 1190. The molecule has 3 aromatic rings. The van der Waals surface area contributed by atoms with Crippen LogP contribution in [0.2, 0.25) is 0 Å². The molecule has 0 aromatic carbocycles. The van der Waals surface area contributed by atoms with E-state index in [0.717, 1.165) is 17.7 Å². The van der Waals surface area contributed by atoms with Crippen LogP contribution >= 0.6 is 0 Å². The zero-order chi connectivity index (χ0) is 24.3. The van der Waals surface area contributed by atoms with Crippen LogP contribution in [0.4, 0.5) is 5.95 Å². The molecule has 2 atom stereocenters. The van der Waals surface area contributed by atoms with Gasteiger partial charge in [-0.1, -0.05) is 6.92 Å². The summed E-state index contributed by atoms with van der Waals surface area (Å²) in [6, 6.07) is 2.01. The number of ether oxygens (including phenoxy) is 1. The third-order valence-corrected chi connectivity index (χ3v) is 8.07. The van der Waals surface area contributed by atoms with Crippen molar-refractivity contribution in [2.45, 2.75) is 32.7 Å². The first-order chi connectivity index (χ1) is 16.3. The Morgan fingerprint density at radius 2 is 2.18 bits per heavy atom. The average Bonchev–Trinajstić information content (AvgIpc) is 3.45. The Morgan fingerprint density at radius 3 is 2.85 bits per heavy atom. The minimum Gasteiger partial charge on any atom is -0.489 e. The van der Waals surface area contributed by atoms with Crippen molar-refractivity contribution in [2.75, 3.05) is 51.4 Å². The van der Waals surface area contributed by atoms with Crippen molar-refractivity contribution in [3.05, 3.63) is 24.7 Å². The van der Waals surface area contributed by atoms with E-state index in [9.17, 15) is 8.42 Å². The number of nitrogens with zero attached hydrogens (tertiary/aromatic N) is 6. The smallest absolute Gasteiger partial charge is 0.243 e. The zero-order valence-electron chi connectivity index (χ0n) is 20.2. The Balaban J connectivity index is 1.46. The number of hydrogen-bond donors (Lipinski definition) is 2. The van der Waals surface area contributed by atoms with Crippen LogP contribution in [-0.4, -0.2) is 94.5 Å². The maximum absolute atomic E-state index is 12.8. The summed E-state index contributed by atoms with van der Waals surface area (Å²) in [7, 11) is 0.659. The van der Waals surface area contributed by atoms with E-state index in [1.165, 1.54) is 0 Å². The number of sulfonamides is 1. The fraction of sp³-hybridized carbons (Fsp3) is 0.591. The van der Waals surface area contributed by atoms with Gasteiger partial charge in [0.1, 0.15) is 0 Å². The maximum Gasteiger partial charge on any atom is 0.243 e. The number of anilines is 1. The van der Waals surface area contributed by atoms with Crippen molar-refractivity contribution >= 4 is 21.6 Å². The molecule has 12 heteroatoms. The van der Waals surface area contributed by atoms with E-state index < -0.39 is 10.0 Å². The summed E-state index contributed by atoms with van der Waals surface area (Å²) in [5, 5.41) is 14.9. The lowest BCUT2D eigenvalue weighted by atomic mass is 9.95. The van der Waals surface area contributed by atoms with E-state index in [-0.39, 0.29) is 17.7 Å². The minimum absolute atomic E-state index is 0.0783. The van der Waals surface area contributed by atoms with Crippen LogP contribution in [0.25, 0.3) is 16.8 Å². The molecule has 1 saturated heterocycles. The summed E-state index contributed by atoms with van der Waals surface area (Å²) in [5.41, 5.74) is 2.43. The van der Waals surface area contributed by atoms with Gasteiger partial charge in [-0.2, -0.15) is 10.1 Å². The zero-order valence-corrected chi connectivity index (χ0v) is 21.0. The van der Waals surface area contributed by atoms with Gasteiger partial charge in [0.2, 0.25) is 16.0 Å². The molecule has 3 aromatic heterocycles. The van der Waals surface area contributed by atoms with Crippen LogP contribution in [0, 0.1) is 5.92 Å². The van der Waals surface area contributed by atoms with Crippen LogP contribution in [0.1, 0.15) is 26.7 Å². The van der Waals surface area contributed by atoms with Gasteiger partial charge in [0.05, 0.1) is 18.6 Å². The van der Waals surface area contributed by atoms with Crippen LogP contribution in [0.15, 0.2) is 24.7 Å². The van der Waals surface area contributed by atoms with Gasteiger partial charge in [-0.15, -0.1) is 5.10 Å². The van der Waals surface area contributed by atoms with E-state index in [0.29, 0.717) is 49.9 Å². The largest absolute Gasteiger partial charge is 0.489 e. The van der Waals surface area contributed by atoms with Crippen molar-refractivity contribution in [1.82, 2.24) is 34.0 Å². The molecule has 4 heterocycles. The van der Waals surface area contributed by atoms with Crippen molar-refractivity contribution in [1.29, 1.82) is 0 Å².